The average Bonchev–Trinajstić information content (AvgIpc) is 2.86. The van der Waals surface area contributed by atoms with Crippen LogP contribution in [0, 0.1) is 11.8 Å². The fraction of sp³-hybridized carbons (Fsp3) is 0.630. The summed E-state index contributed by atoms with van der Waals surface area (Å²) >= 11 is 0. The highest BCUT2D eigenvalue weighted by molar-refractivity contribution is 5.94. The molecule has 0 aliphatic heterocycles. The molecule has 5 atom stereocenters. The van der Waals surface area contributed by atoms with E-state index in [2.05, 4.69) is 16.0 Å². The number of amides is 3. The van der Waals surface area contributed by atoms with E-state index in [1.165, 1.54) is 0 Å². The molecule has 8 N–H and O–H groups in total. The Morgan fingerprint density at radius 2 is 1.51 bits per heavy atom. The molecule has 1 rings (SSSR count). The largest absolute Gasteiger partial charge is 0.480 e. The minimum Gasteiger partial charge on any atom is -0.480 e. The second kappa shape index (κ2) is 16.7. The molecule has 208 valence electrons. The Kier molecular flexibility index (Phi) is 14.5. The smallest absolute Gasteiger partial charge is 0.326 e. The van der Waals surface area contributed by atoms with Crippen LogP contribution in [0.4, 0.5) is 0 Å². The third kappa shape index (κ3) is 11.7. The number of nitrogens with two attached hydrogens (primary N) is 2. The van der Waals surface area contributed by atoms with Gasteiger partial charge < -0.3 is 32.5 Å². The molecule has 1 aromatic carbocycles. The molecule has 5 unspecified atom stereocenters. The van der Waals surface area contributed by atoms with Gasteiger partial charge in [0, 0.05) is 6.42 Å². The lowest BCUT2D eigenvalue weighted by Gasteiger charge is -2.28. The van der Waals surface area contributed by atoms with Crippen LogP contribution in [0.25, 0.3) is 0 Å². The highest BCUT2D eigenvalue weighted by Gasteiger charge is 2.33. The first-order valence-corrected chi connectivity index (χ1v) is 13.1. The number of carbonyl (C=O) groups is 4. The lowest BCUT2D eigenvalue weighted by atomic mass is 9.96. The number of rotatable bonds is 17. The minimum absolute atomic E-state index is 0.0533. The van der Waals surface area contributed by atoms with Crippen molar-refractivity contribution >= 4 is 23.7 Å². The van der Waals surface area contributed by atoms with Crippen molar-refractivity contribution in [2.45, 2.75) is 90.4 Å². The molecule has 0 aliphatic rings. The van der Waals surface area contributed by atoms with Crippen LogP contribution in [-0.2, 0) is 25.6 Å². The Hall–Kier alpha value is -2.98. The minimum atomic E-state index is -1.13. The normalized spacial score (nSPS) is 15.2. The molecule has 0 bridgehead atoms. The first-order chi connectivity index (χ1) is 17.5. The van der Waals surface area contributed by atoms with Crippen LogP contribution < -0.4 is 27.4 Å². The Morgan fingerprint density at radius 1 is 0.892 bits per heavy atom. The molecule has 10 heteroatoms. The Labute approximate surface area is 220 Å². The van der Waals surface area contributed by atoms with Gasteiger partial charge in [0.2, 0.25) is 17.7 Å². The lowest BCUT2D eigenvalue weighted by molar-refractivity contribution is -0.143. The zero-order chi connectivity index (χ0) is 28.0. The number of carbonyl (C=O) groups excluding carboxylic acids is 3. The van der Waals surface area contributed by atoms with Gasteiger partial charge in [-0.15, -0.1) is 0 Å². The number of aliphatic carboxylic acids is 1. The van der Waals surface area contributed by atoms with Gasteiger partial charge in [0.15, 0.2) is 0 Å². The summed E-state index contributed by atoms with van der Waals surface area (Å²) in [5, 5.41) is 17.6. The fourth-order valence-electron chi connectivity index (χ4n) is 3.89. The summed E-state index contributed by atoms with van der Waals surface area (Å²) in [6.45, 7) is 7.93. The predicted octanol–water partition coefficient (Wildman–Crippen LogP) is 1.32. The molecule has 0 saturated carbocycles. The summed E-state index contributed by atoms with van der Waals surface area (Å²) < 4.78 is 0. The van der Waals surface area contributed by atoms with Crippen LogP contribution in [0.5, 0.6) is 0 Å². The Morgan fingerprint density at radius 3 is 2.05 bits per heavy atom. The molecule has 0 radical (unpaired) electrons. The molecule has 0 saturated heterocycles. The average molecular weight is 520 g/mol. The van der Waals surface area contributed by atoms with Crippen LogP contribution in [0.1, 0.15) is 65.4 Å². The van der Waals surface area contributed by atoms with E-state index < -0.39 is 47.9 Å². The van der Waals surface area contributed by atoms with Crippen LogP contribution in [0.3, 0.4) is 0 Å². The maximum absolute atomic E-state index is 13.4. The fourth-order valence-corrected chi connectivity index (χ4v) is 3.89. The molecule has 1 aromatic rings. The molecule has 0 fully saturated rings. The van der Waals surface area contributed by atoms with Gasteiger partial charge in [0.25, 0.3) is 0 Å². The lowest BCUT2D eigenvalue weighted by Crippen LogP contribution is -2.59. The highest BCUT2D eigenvalue weighted by Crippen LogP contribution is 2.12. The molecular formula is C27H45N5O5. The molecule has 0 spiro atoms. The van der Waals surface area contributed by atoms with E-state index in [4.69, 9.17) is 11.5 Å². The van der Waals surface area contributed by atoms with Crippen molar-refractivity contribution in [3.8, 4) is 0 Å². The summed E-state index contributed by atoms with van der Waals surface area (Å²) in [5.41, 5.74) is 12.4. The van der Waals surface area contributed by atoms with Crippen molar-refractivity contribution in [2.24, 2.45) is 23.3 Å². The van der Waals surface area contributed by atoms with E-state index in [0.29, 0.717) is 25.8 Å². The summed E-state index contributed by atoms with van der Waals surface area (Å²) in [7, 11) is 0. The predicted molar refractivity (Wildman–Crippen MR) is 143 cm³/mol. The van der Waals surface area contributed by atoms with Gasteiger partial charge >= 0.3 is 5.97 Å². The monoisotopic (exact) mass is 519 g/mol. The van der Waals surface area contributed by atoms with E-state index in [1.807, 2.05) is 51.1 Å². The molecule has 10 nitrogen and oxygen atoms in total. The van der Waals surface area contributed by atoms with Crippen molar-refractivity contribution in [2.75, 3.05) is 6.54 Å². The van der Waals surface area contributed by atoms with E-state index >= 15 is 0 Å². The van der Waals surface area contributed by atoms with Gasteiger partial charge in [-0.05, 0) is 43.2 Å². The van der Waals surface area contributed by atoms with Crippen molar-refractivity contribution in [1.82, 2.24) is 16.0 Å². The second-order valence-corrected chi connectivity index (χ2v) is 10.0. The molecule has 0 aliphatic carbocycles. The van der Waals surface area contributed by atoms with Gasteiger partial charge in [-0.2, -0.15) is 0 Å². The van der Waals surface area contributed by atoms with Gasteiger partial charge in [-0.1, -0.05) is 70.9 Å². The maximum Gasteiger partial charge on any atom is 0.326 e. The zero-order valence-electron chi connectivity index (χ0n) is 22.5. The number of carboxylic acid groups (broad SMARTS) is 1. The maximum atomic E-state index is 13.4. The summed E-state index contributed by atoms with van der Waals surface area (Å²) in [6.07, 6.45) is 2.91. The van der Waals surface area contributed by atoms with Gasteiger partial charge in [0.05, 0.1) is 6.04 Å². The second-order valence-electron chi connectivity index (χ2n) is 10.0. The quantitative estimate of drug-likeness (QED) is 0.168. The van der Waals surface area contributed by atoms with Crippen molar-refractivity contribution in [3.05, 3.63) is 35.9 Å². The summed E-state index contributed by atoms with van der Waals surface area (Å²) in [4.78, 5) is 51.0. The van der Waals surface area contributed by atoms with Crippen LogP contribution >= 0.6 is 0 Å². The number of unbranched alkanes of at least 4 members (excludes halogenated alkanes) is 1. The third-order valence-corrected chi connectivity index (χ3v) is 6.34. The van der Waals surface area contributed by atoms with E-state index in [9.17, 15) is 24.3 Å². The first kappa shape index (κ1) is 32.0. The molecule has 37 heavy (non-hydrogen) atoms. The Balaban J connectivity index is 3.08. The van der Waals surface area contributed by atoms with E-state index in [0.717, 1.165) is 12.0 Å². The molecule has 0 heterocycles. The summed E-state index contributed by atoms with van der Waals surface area (Å²) in [5.74, 6) is -2.92. The number of hydrogen-bond acceptors (Lipinski definition) is 6. The number of hydrogen-bond donors (Lipinski definition) is 6. The number of nitrogens with one attached hydrogen (secondary N) is 3. The summed E-state index contributed by atoms with van der Waals surface area (Å²) in [6, 6.07) is 5.40. The van der Waals surface area contributed by atoms with Crippen molar-refractivity contribution in [1.29, 1.82) is 0 Å². The van der Waals surface area contributed by atoms with E-state index in [1.54, 1.807) is 6.92 Å². The van der Waals surface area contributed by atoms with Gasteiger partial charge in [-0.3, -0.25) is 14.4 Å². The van der Waals surface area contributed by atoms with Crippen LogP contribution in [-0.4, -0.2) is 59.5 Å². The van der Waals surface area contributed by atoms with E-state index in [-0.39, 0.29) is 24.7 Å². The zero-order valence-corrected chi connectivity index (χ0v) is 22.5. The van der Waals surface area contributed by atoms with Crippen molar-refractivity contribution in [3.63, 3.8) is 0 Å². The van der Waals surface area contributed by atoms with Gasteiger partial charge in [-0.25, -0.2) is 4.79 Å². The molecular weight excluding hydrogens is 474 g/mol. The highest BCUT2D eigenvalue weighted by atomic mass is 16.4. The van der Waals surface area contributed by atoms with Crippen LogP contribution in [0.15, 0.2) is 30.3 Å². The molecule has 0 aromatic heterocycles. The Bertz CT molecular complexity index is 864. The number of carboxylic acids is 1. The third-order valence-electron chi connectivity index (χ3n) is 6.34. The van der Waals surface area contributed by atoms with Crippen LogP contribution in [0.2, 0.25) is 0 Å². The first-order valence-electron chi connectivity index (χ1n) is 13.1. The van der Waals surface area contributed by atoms with Crippen molar-refractivity contribution < 1.29 is 24.3 Å². The standard InChI is InChI=1S/C27H45N5O5/c1-5-18(4)23(26(35)31-22(27(36)37)15-17(2)3)32-25(34)21(16-19-11-7-6-8-12-19)30-24(33)20(29)13-9-10-14-28/h6-8,11-12,17-18,20-23H,5,9-10,13-16,28-29H2,1-4H3,(H,30,33)(H,31,35)(H,32,34)(H,36,37). The van der Waals surface area contributed by atoms with Gasteiger partial charge in [0.1, 0.15) is 18.1 Å². The topological polar surface area (TPSA) is 177 Å². The number of benzene rings is 1. The SMILES string of the molecule is CCC(C)C(NC(=O)C(Cc1ccccc1)NC(=O)C(N)CCCCN)C(=O)NC(CC(C)C)C(=O)O. The molecule has 3 amide bonds.